The second-order valence-electron chi connectivity index (χ2n) is 7.32. The number of carboxylic acid groups (broad SMARTS) is 1. The number of rotatable bonds is 4. The first kappa shape index (κ1) is 17.1. The van der Waals surface area contributed by atoms with Crippen molar-refractivity contribution in [1.29, 1.82) is 0 Å². The summed E-state index contributed by atoms with van der Waals surface area (Å²) < 4.78 is 13.0. The quantitative estimate of drug-likeness (QED) is 0.751. The lowest BCUT2D eigenvalue weighted by molar-refractivity contribution is -0.143. The highest BCUT2D eigenvalue weighted by Crippen LogP contribution is 2.37. The van der Waals surface area contributed by atoms with Crippen molar-refractivity contribution in [2.75, 3.05) is 19.9 Å². The standard InChI is InChI=1S/C21H21N3O4/c25-21(26)15-4-3-8-23(11-15)12-16-20(22-19-5-1-2-9-24(16)19)14-6-7-17-18(10-14)28-13-27-17/h1-2,5-7,9-10,15H,3-4,8,11-13H2,(H,25,26). The molecular formula is C21H21N3O4. The molecule has 1 atom stereocenters. The van der Waals surface area contributed by atoms with E-state index < -0.39 is 5.97 Å². The topological polar surface area (TPSA) is 76.3 Å². The molecule has 1 unspecified atom stereocenters. The monoisotopic (exact) mass is 379 g/mol. The van der Waals surface area contributed by atoms with Gasteiger partial charge in [0.2, 0.25) is 6.79 Å². The van der Waals surface area contributed by atoms with Crippen LogP contribution in [-0.4, -0.2) is 45.2 Å². The molecular weight excluding hydrogens is 358 g/mol. The Bertz CT molecular complexity index is 1050. The average Bonchev–Trinajstić information content (AvgIpc) is 3.32. The van der Waals surface area contributed by atoms with Crippen molar-refractivity contribution >= 4 is 11.6 Å². The van der Waals surface area contributed by atoms with E-state index in [2.05, 4.69) is 9.30 Å². The number of aliphatic carboxylic acids is 1. The van der Waals surface area contributed by atoms with Gasteiger partial charge < -0.3 is 19.0 Å². The fourth-order valence-electron chi connectivity index (χ4n) is 4.09. The minimum absolute atomic E-state index is 0.237. The van der Waals surface area contributed by atoms with Crippen LogP contribution in [-0.2, 0) is 11.3 Å². The van der Waals surface area contributed by atoms with E-state index in [0.717, 1.165) is 53.5 Å². The summed E-state index contributed by atoms with van der Waals surface area (Å²) >= 11 is 0. The molecule has 2 aromatic heterocycles. The number of hydrogen-bond acceptors (Lipinski definition) is 5. The van der Waals surface area contributed by atoms with Crippen LogP contribution in [0.4, 0.5) is 0 Å². The van der Waals surface area contributed by atoms with Crippen LogP contribution in [0.3, 0.4) is 0 Å². The molecule has 7 nitrogen and oxygen atoms in total. The third-order valence-corrected chi connectivity index (χ3v) is 5.50. The maximum Gasteiger partial charge on any atom is 0.307 e. The second-order valence-corrected chi connectivity index (χ2v) is 7.32. The molecule has 28 heavy (non-hydrogen) atoms. The molecule has 0 bridgehead atoms. The predicted octanol–water partition coefficient (Wildman–Crippen LogP) is 3.03. The van der Waals surface area contributed by atoms with E-state index >= 15 is 0 Å². The van der Waals surface area contributed by atoms with Crippen molar-refractivity contribution in [2.24, 2.45) is 5.92 Å². The molecule has 1 saturated heterocycles. The first-order chi connectivity index (χ1) is 13.7. The highest BCUT2D eigenvalue weighted by atomic mass is 16.7. The lowest BCUT2D eigenvalue weighted by Crippen LogP contribution is -2.38. The normalized spacial score (nSPS) is 19.2. The number of piperidine rings is 1. The molecule has 7 heteroatoms. The average molecular weight is 379 g/mol. The zero-order chi connectivity index (χ0) is 19.1. The minimum atomic E-state index is -0.709. The summed E-state index contributed by atoms with van der Waals surface area (Å²) in [5, 5.41) is 9.41. The van der Waals surface area contributed by atoms with Gasteiger partial charge in [-0.1, -0.05) is 6.07 Å². The van der Waals surface area contributed by atoms with E-state index in [1.54, 1.807) is 0 Å². The van der Waals surface area contributed by atoms with Gasteiger partial charge in [0.15, 0.2) is 11.5 Å². The zero-order valence-corrected chi connectivity index (χ0v) is 15.4. The Labute approximate surface area is 162 Å². The summed E-state index contributed by atoms with van der Waals surface area (Å²) in [5.74, 6) is 0.458. The Morgan fingerprint density at radius 3 is 3.00 bits per heavy atom. The smallest absolute Gasteiger partial charge is 0.307 e. The van der Waals surface area contributed by atoms with Gasteiger partial charge in [-0.2, -0.15) is 0 Å². The van der Waals surface area contributed by atoms with Crippen molar-refractivity contribution in [3.63, 3.8) is 0 Å². The van der Waals surface area contributed by atoms with Crippen molar-refractivity contribution in [2.45, 2.75) is 19.4 Å². The third-order valence-electron chi connectivity index (χ3n) is 5.50. The van der Waals surface area contributed by atoms with E-state index in [-0.39, 0.29) is 12.7 Å². The number of hydrogen-bond donors (Lipinski definition) is 1. The minimum Gasteiger partial charge on any atom is -0.481 e. The lowest BCUT2D eigenvalue weighted by Gasteiger charge is -2.30. The highest BCUT2D eigenvalue weighted by Gasteiger charge is 2.27. The number of ether oxygens (including phenoxy) is 2. The van der Waals surface area contributed by atoms with Gasteiger partial charge in [-0.3, -0.25) is 9.69 Å². The van der Waals surface area contributed by atoms with Crippen LogP contribution in [0.15, 0.2) is 42.6 Å². The molecule has 144 valence electrons. The van der Waals surface area contributed by atoms with Gasteiger partial charge in [0.05, 0.1) is 17.3 Å². The number of likely N-dealkylation sites (tertiary alicyclic amines) is 1. The summed E-state index contributed by atoms with van der Waals surface area (Å²) in [5.41, 5.74) is 3.79. The van der Waals surface area contributed by atoms with Crippen molar-refractivity contribution in [3.8, 4) is 22.8 Å². The molecule has 4 heterocycles. The van der Waals surface area contributed by atoms with Crippen LogP contribution in [0.2, 0.25) is 0 Å². The number of pyridine rings is 1. The molecule has 1 N–H and O–H groups in total. The fraction of sp³-hybridized carbons (Fsp3) is 0.333. The molecule has 2 aliphatic rings. The van der Waals surface area contributed by atoms with Gasteiger partial charge in [-0.25, -0.2) is 4.98 Å². The zero-order valence-electron chi connectivity index (χ0n) is 15.4. The number of nitrogens with zero attached hydrogens (tertiary/aromatic N) is 3. The number of aromatic nitrogens is 2. The van der Waals surface area contributed by atoms with Crippen molar-refractivity contribution in [3.05, 3.63) is 48.3 Å². The van der Waals surface area contributed by atoms with E-state index in [0.29, 0.717) is 13.1 Å². The van der Waals surface area contributed by atoms with Crippen LogP contribution in [0.25, 0.3) is 16.9 Å². The van der Waals surface area contributed by atoms with Crippen molar-refractivity contribution < 1.29 is 19.4 Å². The van der Waals surface area contributed by atoms with E-state index in [1.165, 1.54) is 0 Å². The lowest BCUT2D eigenvalue weighted by atomic mass is 9.98. The van der Waals surface area contributed by atoms with Gasteiger partial charge in [-0.05, 0) is 49.7 Å². The first-order valence-electron chi connectivity index (χ1n) is 9.50. The molecule has 0 spiro atoms. The Morgan fingerprint density at radius 1 is 1.21 bits per heavy atom. The first-order valence-corrected chi connectivity index (χ1v) is 9.50. The maximum absolute atomic E-state index is 11.4. The SMILES string of the molecule is O=C(O)C1CCCN(Cc2c(-c3ccc4c(c3)OCO4)nc3ccccn23)C1. The number of fused-ring (bicyclic) bond motifs is 2. The molecule has 0 amide bonds. The number of carbonyl (C=O) groups is 1. The summed E-state index contributed by atoms with van der Waals surface area (Å²) in [6, 6.07) is 11.8. The third kappa shape index (κ3) is 2.97. The summed E-state index contributed by atoms with van der Waals surface area (Å²) in [7, 11) is 0. The summed E-state index contributed by atoms with van der Waals surface area (Å²) in [6.45, 7) is 2.35. The van der Waals surface area contributed by atoms with E-state index in [4.69, 9.17) is 14.5 Å². The molecule has 5 rings (SSSR count). The molecule has 3 aromatic rings. The van der Waals surface area contributed by atoms with Crippen molar-refractivity contribution in [1.82, 2.24) is 14.3 Å². The summed E-state index contributed by atoms with van der Waals surface area (Å²) in [4.78, 5) is 18.5. The van der Waals surface area contributed by atoms with E-state index in [9.17, 15) is 9.90 Å². The number of imidazole rings is 1. The van der Waals surface area contributed by atoms with Crippen LogP contribution >= 0.6 is 0 Å². The van der Waals surface area contributed by atoms with Gasteiger partial charge >= 0.3 is 5.97 Å². The molecule has 0 aliphatic carbocycles. The number of benzene rings is 1. The van der Waals surface area contributed by atoms with Crippen LogP contribution in [0, 0.1) is 5.92 Å². The van der Waals surface area contributed by atoms with E-state index in [1.807, 2.05) is 42.6 Å². The largest absolute Gasteiger partial charge is 0.481 e. The van der Waals surface area contributed by atoms with Crippen LogP contribution < -0.4 is 9.47 Å². The van der Waals surface area contributed by atoms with Gasteiger partial charge in [-0.15, -0.1) is 0 Å². The Balaban J connectivity index is 1.54. The van der Waals surface area contributed by atoms with Gasteiger partial charge in [0.25, 0.3) is 0 Å². The Kier molecular flexibility index (Phi) is 4.16. The molecule has 2 aliphatic heterocycles. The maximum atomic E-state index is 11.4. The predicted molar refractivity (Wildman–Crippen MR) is 102 cm³/mol. The van der Waals surface area contributed by atoms with Crippen LogP contribution in [0.5, 0.6) is 11.5 Å². The molecule has 1 fully saturated rings. The second kappa shape index (κ2) is 6.83. The number of carboxylic acids is 1. The van der Waals surface area contributed by atoms with Gasteiger partial charge in [0.1, 0.15) is 5.65 Å². The fourth-order valence-corrected chi connectivity index (χ4v) is 4.09. The molecule has 0 radical (unpaired) electrons. The molecule has 0 saturated carbocycles. The highest BCUT2D eigenvalue weighted by molar-refractivity contribution is 5.71. The van der Waals surface area contributed by atoms with Gasteiger partial charge in [0, 0.05) is 24.8 Å². The summed E-state index contributed by atoms with van der Waals surface area (Å²) in [6.07, 6.45) is 3.65. The molecule has 1 aromatic carbocycles. The Morgan fingerprint density at radius 2 is 2.11 bits per heavy atom. The Hall–Kier alpha value is -3.06. The van der Waals surface area contributed by atoms with Crippen LogP contribution in [0.1, 0.15) is 18.5 Å².